The molecule has 0 saturated heterocycles. The topological polar surface area (TPSA) is 81.1 Å². The molecule has 2 aromatic rings. The largest absolute Gasteiger partial charge is 0.417 e. The van der Waals surface area contributed by atoms with Gasteiger partial charge in [-0.2, -0.15) is 18.3 Å². The maximum absolute atomic E-state index is 12.9. The first-order valence-electron chi connectivity index (χ1n) is 8.04. The molecule has 0 saturated carbocycles. The Labute approximate surface area is 158 Å². The molecule has 0 aliphatic heterocycles. The van der Waals surface area contributed by atoms with E-state index < -0.39 is 31.7 Å². The van der Waals surface area contributed by atoms with Crippen LogP contribution >= 0.6 is 11.6 Å². The number of hydrogen-bond donors (Lipinski definition) is 1. The van der Waals surface area contributed by atoms with Gasteiger partial charge in [0.15, 0.2) is 0 Å². The molecule has 1 aliphatic carbocycles. The van der Waals surface area contributed by atoms with E-state index in [1.165, 1.54) is 6.07 Å². The minimum atomic E-state index is -4.77. The van der Waals surface area contributed by atoms with Crippen LogP contribution in [0.3, 0.4) is 0 Å². The number of nitrogens with zero attached hydrogens (tertiary/aromatic N) is 2. The van der Waals surface area contributed by atoms with Gasteiger partial charge in [0.05, 0.1) is 27.7 Å². The Kier molecular flexibility index (Phi) is 5.33. The zero-order valence-electron chi connectivity index (χ0n) is 13.9. The maximum atomic E-state index is 12.9. The number of hydrogen-bond acceptors (Lipinski definition) is 4. The highest BCUT2D eigenvalue weighted by atomic mass is 35.5. The molecule has 1 heterocycles. The lowest BCUT2D eigenvalue weighted by molar-refractivity contribution is -0.137. The highest BCUT2D eigenvalue weighted by Crippen LogP contribution is 2.35. The fourth-order valence-corrected chi connectivity index (χ4v) is 4.13. The number of alkyl halides is 3. The Morgan fingerprint density at radius 2 is 1.96 bits per heavy atom. The summed E-state index contributed by atoms with van der Waals surface area (Å²) in [5.74, 6) is 0. The van der Waals surface area contributed by atoms with Crippen LogP contribution in [-0.4, -0.2) is 24.7 Å². The van der Waals surface area contributed by atoms with Crippen LogP contribution in [0.2, 0.25) is 5.02 Å². The maximum Gasteiger partial charge on any atom is 0.417 e. The quantitative estimate of drug-likeness (QED) is 0.803. The Bertz CT molecular complexity index is 1040. The number of aromatic nitrogens is 2. The summed E-state index contributed by atoms with van der Waals surface area (Å²) >= 11 is 5.50. The number of aryl methyl sites for hydroxylation is 2. The molecule has 0 bridgehead atoms. The van der Waals surface area contributed by atoms with Crippen molar-refractivity contribution in [2.45, 2.75) is 36.9 Å². The zero-order valence-corrected chi connectivity index (χ0v) is 15.5. The molecular formula is C16H15ClF3N3O3S. The first-order chi connectivity index (χ1) is 12.6. The van der Waals surface area contributed by atoms with Gasteiger partial charge in [0.2, 0.25) is 10.0 Å². The first-order valence-corrected chi connectivity index (χ1v) is 9.90. The molecule has 3 rings (SSSR count). The smallest absolute Gasteiger partial charge is 0.268 e. The lowest BCUT2D eigenvalue weighted by Gasteiger charge is -2.12. The Morgan fingerprint density at radius 3 is 2.67 bits per heavy atom. The summed E-state index contributed by atoms with van der Waals surface area (Å²) < 4.78 is 66.5. The highest BCUT2D eigenvalue weighted by molar-refractivity contribution is 7.89. The second-order valence-electron chi connectivity index (χ2n) is 6.07. The summed E-state index contributed by atoms with van der Waals surface area (Å²) in [5.41, 5.74) is 0.131. The summed E-state index contributed by atoms with van der Waals surface area (Å²) in [6.45, 7) is -0.233. The average Bonchev–Trinajstić information content (AvgIpc) is 3.01. The standard InChI is InChI=1S/C16H15ClF3N3O3S/c17-13-5-4-11(9-12(13)16(18,19)20)27(25,26)21-6-7-23-15(24)8-10-2-1-3-14(10)22-23/h4-5,8-9,21H,1-3,6-7H2. The molecule has 0 amide bonds. The average molecular weight is 422 g/mol. The van der Waals surface area contributed by atoms with Gasteiger partial charge < -0.3 is 0 Å². The second-order valence-corrected chi connectivity index (χ2v) is 8.24. The Morgan fingerprint density at radius 1 is 1.22 bits per heavy atom. The lowest BCUT2D eigenvalue weighted by Crippen LogP contribution is -2.32. The molecule has 146 valence electrons. The third kappa shape index (κ3) is 4.33. The summed E-state index contributed by atoms with van der Waals surface area (Å²) in [5, 5.41) is 3.62. The van der Waals surface area contributed by atoms with Gasteiger partial charge in [-0.15, -0.1) is 0 Å². The van der Waals surface area contributed by atoms with Gasteiger partial charge >= 0.3 is 6.18 Å². The van der Waals surface area contributed by atoms with E-state index in [1.807, 2.05) is 0 Å². The van der Waals surface area contributed by atoms with Crippen LogP contribution in [0.5, 0.6) is 0 Å². The van der Waals surface area contributed by atoms with E-state index in [9.17, 15) is 26.4 Å². The van der Waals surface area contributed by atoms with E-state index in [0.717, 1.165) is 47.3 Å². The van der Waals surface area contributed by atoms with Crippen LogP contribution in [0.4, 0.5) is 13.2 Å². The summed E-state index contributed by atoms with van der Waals surface area (Å²) in [4.78, 5) is 11.4. The first kappa shape index (κ1) is 19.8. The van der Waals surface area contributed by atoms with Gasteiger partial charge in [0.1, 0.15) is 0 Å². The van der Waals surface area contributed by atoms with Gasteiger partial charge in [-0.25, -0.2) is 17.8 Å². The van der Waals surface area contributed by atoms with Crippen molar-refractivity contribution < 1.29 is 21.6 Å². The molecule has 0 atom stereocenters. The number of benzene rings is 1. The monoisotopic (exact) mass is 421 g/mol. The van der Waals surface area contributed by atoms with E-state index in [0.29, 0.717) is 6.07 Å². The summed E-state index contributed by atoms with van der Waals surface area (Å²) in [6, 6.07) is 3.83. The van der Waals surface area contributed by atoms with Crippen LogP contribution in [0.1, 0.15) is 23.2 Å². The predicted molar refractivity (Wildman–Crippen MR) is 92.2 cm³/mol. The van der Waals surface area contributed by atoms with Crippen LogP contribution in [0.25, 0.3) is 0 Å². The predicted octanol–water partition coefficient (Wildman–Crippen LogP) is 2.38. The van der Waals surface area contributed by atoms with Crippen molar-refractivity contribution in [3.63, 3.8) is 0 Å². The number of nitrogens with one attached hydrogen (secondary N) is 1. The van der Waals surface area contributed by atoms with Gasteiger partial charge in [-0.05, 0) is 43.0 Å². The van der Waals surface area contributed by atoms with E-state index >= 15 is 0 Å². The molecule has 1 aromatic heterocycles. The summed E-state index contributed by atoms with van der Waals surface area (Å²) in [6.07, 6.45) is -2.31. The van der Waals surface area contributed by atoms with Crippen molar-refractivity contribution in [1.82, 2.24) is 14.5 Å². The van der Waals surface area contributed by atoms with Crippen molar-refractivity contribution in [2.75, 3.05) is 6.54 Å². The molecule has 1 aliphatic rings. The lowest BCUT2D eigenvalue weighted by atomic mass is 10.2. The third-order valence-corrected chi connectivity index (χ3v) is 5.98. The van der Waals surface area contributed by atoms with E-state index in [4.69, 9.17) is 11.6 Å². The number of halogens is 4. The third-order valence-electron chi connectivity index (χ3n) is 4.19. The molecule has 1 aromatic carbocycles. The Hall–Kier alpha value is -1.91. The number of sulfonamides is 1. The number of fused-ring (bicyclic) bond motifs is 1. The minimum absolute atomic E-state index is 0.0366. The van der Waals surface area contributed by atoms with Crippen LogP contribution in [-0.2, 0) is 35.6 Å². The van der Waals surface area contributed by atoms with Gasteiger partial charge in [0.25, 0.3) is 5.56 Å². The van der Waals surface area contributed by atoms with Crippen molar-refractivity contribution in [2.24, 2.45) is 0 Å². The normalized spacial score (nSPS) is 14.4. The van der Waals surface area contributed by atoms with Crippen molar-refractivity contribution in [3.05, 3.63) is 56.5 Å². The molecule has 0 radical (unpaired) electrons. The Balaban J connectivity index is 1.74. The highest BCUT2D eigenvalue weighted by Gasteiger charge is 2.34. The zero-order chi connectivity index (χ0) is 19.8. The molecule has 0 unspecified atom stereocenters. The van der Waals surface area contributed by atoms with E-state index in [1.54, 1.807) is 0 Å². The van der Waals surface area contributed by atoms with Gasteiger partial charge in [0, 0.05) is 12.6 Å². The fourth-order valence-electron chi connectivity index (χ4n) is 2.86. The molecule has 0 spiro atoms. The molecule has 6 nitrogen and oxygen atoms in total. The fraction of sp³-hybridized carbons (Fsp3) is 0.375. The van der Waals surface area contributed by atoms with E-state index in [2.05, 4.69) is 9.82 Å². The SMILES string of the molecule is O=c1cc2c(nn1CCNS(=O)(=O)c1ccc(Cl)c(C(F)(F)F)c1)CCC2. The molecule has 1 N–H and O–H groups in total. The molecule has 27 heavy (non-hydrogen) atoms. The van der Waals surface area contributed by atoms with Crippen LogP contribution in [0.15, 0.2) is 34.0 Å². The minimum Gasteiger partial charge on any atom is -0.268 e. The van der Waals surface area contributed by atoms with Crippen molar-refractivity contribution in [1.29, 1.82) is 0 Å². The van der Waals surface area contributed by atoms with E-state index in [-0.39, 0.29) is 18.6 Å². The molecular weight excluding hydrogens is 407 g/mol. The van der Waals surface area contributed by atoms with Crippen molar-refractivity contribution in [3.8, 4) is 0 Å². The van der Waals surface area contributed by atoms with Crippen molar-refractivity contribution >= 4 is 21.6 Å². The molecule has 11 heteroatoms. The molecule has 0 fully saturated rings. The second kappa shape index (κ2) is 7.25. The summed E-state index contributed by atoms with van der Waals surface area (Å²) in [7, 11) is -4.21. The number of rotatable bonds is 5. The van der Waals surface area contributed by atoms with Crippen LogP contribution in [0, 0.1) is 0 Å². The van der Waals surface area contributed by atoms with Gasteiger partial charge in [-0.3, -0.25) is 4.79 Å². The van der Waals surface area contributed by atoms with Crippen LogP contribution < -0.4 is 10.3 Å². The van der Waals surface area contributed by atoms with Gasteiger partial charge in [-0.1, -0.05) is 11.6 Å².